The number of nitrogens with zero attached hydrogens (tertiary/aromatic N) is 2. The van der Waals surface area contributed by atoms with Gasteiger partial charge in [-0.3, -0.25) is 14.9 Å². The number of hydrogen-bond donors (Lipinski definition) is 2. The lowest BCUT2D eigenvalue weighted by Crippen LogP contribution is -2.46. The number of rotatable bonds is 4. The molecule has 132 valence electrons. The standard InChI is InChI=1S/C16H24N4O4/c21-15(16(22)18-14-5-10-24-19-14)17-11-12-1-6-20(7-2-12)13-3-8-23-9-4-13/h5,10,12-13H,1-4,6-9,11H2,(H,17,21)(H,18,19,22). The maximum Gasteiger partial charge on any atom is 0.314 e. The lowest BCUT2D eigenvalue weighted by molar-refractivity contribution is -0.136. The predicted molar refractivity (Wildman–Crippen MR) is 86.3 cm³/mol. The van der Waals surface area contributed by atoms with Crippen LogP contribution < -0.4 is 10.6 Å². The Labute approximate surface area is 140 Å². The van der Waals surface area contributed by atoms with Gasteiger partial charge in [-0.2, -0.15) is 0 Å². The number of carbonyl (C=O) groups is 2. The summed E-state index contributed by atoms with van der Waals surface area (Å²) in [5, 5.41) is 8.63. The Hall–Kier alpha value is -1.93. The van der Waals surface area contributed by atoms with E-state index in [0.717, 1.165) is 52.0 Å². The van der Waals surface area contributed by atoms with E-state index >= 15 is 0 Å². The fourth-order valence-electron chi connectivity index (χ4n) is 3.34. The number of amides is 2. The van der Waals surface area contributed by atoms with Gasteiger partial charge in [-0.25, -0.2) is 0 Å². The second-order valence-electron chi connectivity index (χ2n) is 6.37. The summed E-state index contributed by atoms with van der Waals surface area (Å²) in [4.78, 5) is 26.1. The third-order valence-corrected chi connectivity index (χ3v) is 4.79. The fraction of sp³-hybridized carbons (Fsp3) is 0.688. The van der Waals surface area contributed by atoms with Crippen LogP contribution in [0.5, 0.6) is 0 Å². The average Bonchev–Trinajstić information content (AvgIpc) is 3.14. The van der Waals surface area contributed by atoms with Crippen molar-refractivity contribution in [1.29, 1.82) is 0 Å². The smallest absolute Gasteiger partial charge is 0.314 e. The molecule has 2 aliphatic heterocycles. The van der Waals surface area contributed by atoms with Gasteiger partial charge in [-0.1, -0.05) is 5.16 Å². The van der Waals surface area contributed by atoms with Crippen LogP contribution in [0.3, 0.4) is 0 Å². The highest BCUT2D eigenvalue weighted by Crippen LogP contribution is 2.22. The van der Waals surface area contributed by atoms with Crippen molar-refractivity contribution in [3.05, 3.63) is 12.3 Å². The van der Waals surface area contributed by atoms with Crippen molar-refractivity contribution >= 4 is 17.6 Å². The molecule has 0 unspecified atom stereocenters. The van der Waals surface area contributed by atoms with Gasteiger partial charge < -0.3 is 19.5 Å². The fourth-order valence-corrected chi connectivity index (χ4v) is 3.34. The molecule has 2 amide bonds. The van der Waals surface area contributed by atoms with E-state index in [0.29, 0.717) is 18.5 Å². The first-order valence-corrected chi connectivity index (χ1v) is 8.53. The highest BCUT2D eigenvalue weighted by molar-refractivity contribution is 6.39. The number of hydrogen-bond acceptors (Lipinski definition) is 6. The van der Waals surface area contributed by atoms with E-state index in [1.165, 1.54) is 12.3 Å². The van der Waals surface area contributed by atoms with Crippen molar-refractivity contribution in [1.82, 2.24) is 15.4 Å². The van der Waals surface area contributed by atoms with Crippen LogP contribution in [-0.2, 0) is 14.3 Å². The topological polar surface area (TPSA) is 96.7 Å². The van der Waals surface area contributed by atoms with Gasteiger partial charge >= 0.3 is 11.8 Å². The normalized spacial score (nSPS) is 20.7. The number of carbonyl (C=O) groups excluding carboxylic acids is 2. The zero-order valence-electron chi connectivity index (χ0n) is 13.7. The number of piperidine rings is 1. The molecule has 3 rings (SSSR count). The molecular formula is C16H24N4O4. The van der Waals surface area contributed by atoms with Gasteiger partial charge in [-0.15, -0.1) is 0 Å². The second kappa shape index (κ2) is 8.25. The number of likely N-dealkylation sites (tertiary alicyclic amines) is 1. The summed E-state index contributed by atoms with van der Waals surface area (Å²) in [6, 6.07) is 2.12. The Bertz CT molecular complexity index is 534. The molecule has 3 heterocycles. The molecule has 1 aromatic rings. The second-order valence-corrected chi connectivity index (χ2v) is 6.37. The van der Waals surface area contributed by atoms with Gasteiger partial charge in [0.15, 0.2) is 5.82 Å². The van der Waals surface area contributed by atoms with Crippen LogP contribution in [0.2, 0.25) is 0 Å². The Morgan fingerprint density at radius 2 is 1.92 bits per heavy atom. The number of ether oxygens (including phenoxy) is 1. The summed E-state index contributed by atoms with van der Waals surface area (Å²) in [5.41, 5.74) is 0. The maximum atomic E-state index is 11.8. The van der Waals surface area contributed by atoms with Gasteiger partial charge in [0.2, 0.25) is 0 Å². The van der Waals surface area contributed by atoms with E-state index in [9.17, 15) is 9.59 Å². The average molecular weight is 336 g/mol. The zero-order chi connectivity index (χ0) is 16.8. The van der Waals surface area contributed by atoms with E-state index in [2.05, 4.69) is 25.2 Å². The first-order chi connectivity index (χ1) is 11.7. The molecule has 0 saturated carbocycles. The summed E-state index contributed by atoms with van der Waals surface area (Å²) in [6.45, 7) is 4.36. The van der Waals surface area contributed by atoms with Gasteiger partial charge in [0.25, 0.3) is 0 Å². The molecule has 8 nitrogen and oxygen atoms in total. The van der Waals surface area contributed by atoms with Gasteiger partial charge in [0.1, 0.15) is 6.26 Å². The maximum absolute atomic E-state index is 11.8. The van der Waals surface area contributed by atoms with Gasteiger partial charge in [0.05, 0.1) is 0 Å². The monoisotopic (exact) mass is 336 g/mol. The van der Waals surface area contributed by atoms with Crippen LogP contribution in [-0.4, -0.2) is 60.8 Å². The van der Waals surface area contributed by atoms with Gasteiger partial charge in [-0.05, 0) is 44.7 Å². The van der Waals surface area contributed by atoms with E-state index in [-0.39, 0.29) is 5.82 Å². The largest absolute Gasteiger partial charge is 0.381 e. The van der Waals surface area contributed by atoms with Crippen molar-refractivity contribution in [2.45, 2.75) is 31.7 Å². The summed E-state index contributed by atoms with van der Waals surface area (Å²) < 4.78 is 10.0. The van der Waals surface area contributed by atoms with Gasteiger partial charge in [0, 0.05) is 31.9 Å². The quantitative estimate of drug-likeness (QED) is 0.783. The van der Waals surface area contributed by atoms with Crippen LogP contribution in [0.4, 0.5) is 5.82 Å². The first kappa shape index (κ1) is 16.9. The third kappa shape index (κ3) is 4.55. The highest BCUT2D eigenvalue weighted by Gasteiger charge is 2.27. The van der Waals surface area contributed by atoms with Crippen LogP contribution >= 0.6 is 0 Å². The molecule has 0 bridgehead atoms. The molecule has 1 aromatic heterocycles. The van der Waals surface area contributed by atoms with Crippen molar-refractivity contribution in [3.8, 4) is 0 Å². The molecule has 0 atom stereocenters. The SMILES string of the molecule is O=C(NCC1CCN(C2CCOCC2)CC1)C(=O)Nc1ccon1. The van der Waals surface area contributed by atoms with Crippen LogP contribution in [0.25, 0.3) is 0 Å². The number of aromatic nitrogens is 1. The predicted octanol–water partition coefficient (Wildman–Crippen LogP) is 0.620. The third-order valence-electron chi connectivity index (χ3n) is 4.79. The highest BCUT2D eigenvalue weighted by atomic mass is 16.5. The number of anilines is 1. The summed E-state index contributed by atoms with van der Waals surface area (Å²) >= 11 is 0. The molecule has 24 heavy (non-hydrogen) atoms. The lowest BCUT2D eigenvalue weighted by Gasteiger charge is -2.39. The molecule has 2 N–H and O–H groups in total. The van der Waals surface area contributed by atoms with Crippen LogP contribution in [0.15, 0.2) is 16.9 Å². The van der Waals surface area contributed by atoms with E-state index in [4.69, 9.17) is 4.74 Å². The molecule has 2 aliphatic rings. The molecule has 0 spiro atoms. The zero-order valence-corrected chi connectivity index (χ0v) is 13.7. The van der Waals surface area contributed by atoms with Crippen LogP contribution in [0.1, 0.15) is 25.7 Å². The first-order valence-electron chi connectivity index (χ1n) is 8.53. The minimum atomic E-state index is -0.719. The molecule has 0 aromatic carbocycles. The molecule has 0 radical (unpaired) electrons. The number of nitrogens with one attached hydrogen (secondary N) is 2. The molecule has 2 saturated heterocycles. The Kier molecular flexibility index (Phi) is 5.81. The Morgan fingerprint density at radius 1 is 1.17 bits per heavy atom. The lowest BCUT2D eigenvalue weighted by atomic mass is 9.94. The molecule has 2 fully saturated rings. The van der Waals surface area contributed by atoms with Crippen molar-refractivity contribution in [3.63, 3.8) is 0 Å². The van der Waals surface area contributed by atoms with Crippen molar-refractivity contribution in [2.24, 2.45) is 5.92 Å². The summed E-state index contributed by atoms with van der Waals surface area (Å²) in [7, 11) is 0. The minimum Gasteiger partial charge on any atom is -0.381 e. The Balaban J connectivity index is 1.35. The van der Waals surface area contributed by atoms with E-state index in [1.807, 2.05) is 0 Å². The minimum absolute atomic E-state index is 0.236. The van der Waals surface area contributed by atoms with Crippen LogP contribution in [0, 0.1) is 5.92 Å². The van der Waals surface area contributed by atoms with Crippen molar-refractivity contribution < 1.29 is 18.8 Å². The molecule has 8 heteroatoms. The molecule has 0 aliphatic carbocycles. The summed E-state index contributed by atoms with van der Waals surface area (Å²) in [6.07, 6.45) is 5.65. The van der Waals surface area contributed by atoms with E-state index < -0.39 is 11.8 Å². The van der Waals surface area contributed by atoms with E-state index in [1.54, 1.807) is 0 Å². The van der Waals surface area contributed by atoms with Crippen molar-refractivity contribution in [2.75, 3.05) is 38.2 Å². The molecular weight excluding hydrogens is 312 g/mol. The Morgan fingerprint density at radius 3 is 2.58 bits per heavy atom. The summed E-state index contributed by atoms with van der Waals surface area (Å²) in [5.74, 6) is -0.696.